The van der Waals surface area contributed by atoms with Crippen LogP contribution in [0.15, 0.2) is 30.3 Å². The van der Waals surface area contributed by atoms with E-state index in [0.29, 0.717) is 30.3 Å². The predicted octanol–water partition coefficient (Wildman–Crippen LogP) is 2.47. The van der Waals surface area contributed by atoms with Crippen LogP contribution >= 0.6 is 0 Å². The molecule has 1 aromatic heterocycles. The number of aryl methyl sites for hydroxylation is 1. The molecule has 1 aliphatic carbocycles. The van der Waals surface area contributed by atoms with E-state index in [-0.39, 0.29) is 12.6 Å². The molecule has 0 unspecified atom stereocenters. The maximum atomic E-state index is 13.2. The Bertz CT molecular complexity index is 1050. The summed E-state index contributed by atoms with van der Waals surface area (Å²) in [6.07, 6.45) is 2.85. The second-order valence-electron chi connectivity index (χ2n) is 8.44. The summed E-state index contributed by atoms with van der Waals surface area (Å²) in [4.78, 5) is 12.9. The van der Waals surface area contributed by atoms with Gasteiger partial charge in [0.25, 0.3) is 10.2 Å². The first-order valence-corrected chi connectivity index (χ1v) is 12.3. The zero-order valence-electron chi connectivity index (χ0n) is 18.2. The monoisotopic (exact) mass is 446 g/mol. The smallest absolute Gasteiger partial charge is 0.328 e. The molecule has 168 valence electrons. The number of carbonyl (C=O) groups excluding carboxylic acids is 1. The lowest BCUT2D eigenvalue weighted by molar-refractivity contribution is -0.145. The SMILES string of the molecule is CCOC(=O)[C@@H](NS(=O)(=O)N1C[C@H]2CC[C@H]1C2)c1c(C)nn(Cc2ccccc2)c1C. The number of aromatic nitrogens is 2. The van der Waals surface area contributed by atoms with Crippen LogP contribution in [0.2, 0.25) is 0 Å². The lowest BCUT2D eigenvalue weighted by Gasteiger charge is -2.28. The summed E-state index contributed by atoms with van der Waals surface area (Å²) >= 11 is 0. The highest BCUT2D eigenvalue weighted by Gasteiger charge is 2.45. The van der Waals surface area contributed by atoms with E-state index in [1.165, 1.54) is 4.31 Å². The number of nitrogens with one attached hydrogen (secondary N) is 1. The van der Waals surface area contributed by atoms with Crippen molar-refractivity contribution in [2.45, 2.75) is 58.7 Å². The average molecular weight is 447 g/mol. The third-order valence-corrected chi connectivity index (χ3v) is 7.96. The number of rotatable bonds is 8. The van der Waals surface area contributed by atoms with Crippen molar-refractivity contribution < 1.29 is 17.9 Å². The normalized spacial score (nSPS) is 22.0. The maximum absolute atomic E-state index is 13.2. The van der Waals surface area contributed by atoms with E-state index in [1.54, 1.807) is 18.5 Å². The second-order valence-corrected chi connectivity index (χ2v) is 10.1. The summed E-state index contributed by atoms with van der Waals surface area (Å²) in [6, 6.07) is 8.77. The van der Waals surface area contributed by atoms with Crippen molar-refractivity contribution in [3.8, 4) is 0 Å². The van der Waals surface area contributed by atoms with Crippen LogP contribution in [0.3, 0.4) is 0 Å². The summed E-state index contributed by atoms with van der Waals surface area (Å²) in [5.74, 6) is -0.194. The van der Waals surface area contributed by atoms with Crippen molar-refractivity contribution in [2.24, 2.45) is 5.92 Å². The van der Waals surface area contributed by atoms with Gasteiger partial charge >= 0.3 is 5.97 Å². The topological polar surface area (TPSA) is 93.5 Å². The average Bonchev–Trinajstić information content (AvgIpc) is 3.43. The molecule has 2 aromatic rings. The van der Waals surface area contributed by atoms with Gasteiger partial charge in [-0.05, 0) is 51.5 Å². The first-order chi connectivity index (χ1) is 14.8. The van der Waals surface area contributed by atoms with Crippen LogP contribution in [0.1, 0.15) is 54.7 Å². The Morgan fingerprint density at radius 3 is 2.61 bits per heavy atom. The Balaban J connectivity index is 1.64. The Morgan fingerprint density at radius 2 is 2.00 bits per heavy atom. The molecular weight excluding hydrogens is 416 g/mol. The van der Waals surface area contributed by atoms with Crippen LogP contribution in [0.4, 0.5) is 0 Å². The van der Waals surface area contributed by atoms with Crippen molar-refractivity contribution in [1.29, 1.82) is 0 Å². The number of fused-ring (bicyclic) bond motifs is 2. The largest absolute Gasteiger partial charge is 0.465 e. The molecule has 4 rings (SSSR count). The molecule has 0 amide bonds. The minimum absolute atomic E-state index is 0.0216. The van der Waals surface area contributed by atoms with Crippen molar-refractivity contribution in [3.05, 3.63) is 52.8 Å². The molecule has 2 bridgehead atoms. The second kappa shape index (κ2) is 8.72. The van der Waals surface area contributed by atoms with Crippen molar-refractivity contribution >= 4 is 16.2 Å². The summed E-state index contributed by atoms with van der Waals surface area (Å²) in [6.45, 7) is 6.58. The molecular formula is C22H30N4O4S. The predicted molar refractivity (Wildman–Crippen MR) is 117 cm³/mol. The van der Waals surface area contributed by atoms with Gasteiger partial charge in [-0.15, -0.1) is 0 Å². The third-order valence-electron chi connectivity index (χ3n) is 6.36. The lowest BCUT2D eigenvalue weighted by atomic mass is 10.1. The van der Waals surface area contributed by atoms with Gasteiger partial charge in [-0.2, -0.15) is 22.5 Å². The number of esters is 1. The first-order valence-electron chi connectivity index (χ1n) is 10.8. The quantitative estimate of drug-likeness (QED) is 0.629. The number of ether oxygens (including phenoxy) is 1. The highest BCUT2D eigenvalue weighted by Crippen LogP contribution is 2.39. The van der Waals surface area contributed by atoms with Crippen LogP contribution in [-0.2, 0) is 26.3 Å². The fourth-order valence-electron chi connectivity index (χ4n) is 4.88. The number of benzene rings is 1. The molecule has 1 N–H and O–H groups in total. The number of carbonyl (C=O) groups is 1. The van der Waals surface area contributed by atoms with Crippen LogP contribution in [-0.4, -0.2) is 47.7 Å². The van der Waals surface area contributed by atoms with Gasteiger partial charge in [-0.25, -0.2) is 4.79 Å². The van der Waals surface area contributed by atoms with E-state index in [0.717, 1.165) is 30.5 Å². The molecule has 8 nitrogen and oxygen atoms in total. The zero-order valence-corrected chi connectivity index (χ0v) is 19.1. The van der Waals surface area contributed by atoms with Crippen LogP contribution < -0.4 is 4.72 Å². The Kier molecular flexibility index (Phi) is 6.18. The van der Waals surface area contributed by atoms with E-state index in [2.05, 4.69) is 9.82 Å². The van der Waals surface area contributed by atoms with Crippen molar-refractivity contribution in [3.63, 3.8) is 0 Å². The summed E-state index contributed by atoms with van der Waals surface area (Å²) in [5, 5.41) is 4.60. The molecule has 9 heteroatoms. The molecule has 0 spiro atoms. The van der Waals surface area contributed by atoms with Crippen LogP contribution in [0.5, 0.6) is 0 Å². The number of nitrogens with zero attached hydrogens (tertiary/aromatic N) is 3. The van der Waals surface area contributed by atoms with E-state index in [1.807, 2.05) is 37.3 Å². The first kappa shape index (κ1) is 22.0. The number of hydrogen-bond donors (Lipinski definition) is 1. The zero-order chi connectivity index (χ0) is 22.2. The highest BCUT2D eigenvalue weighted by molar-refractivity contribution is 7.87. The molecule has 31 heavy (non-hydrogen) atoms. The third kappa shape index (κ3) is 4.40. The van der Waals surface area contributed by atoms with Gasteiger partial charge in [-0.3, -0.25) is 4.68 Å². The fraction of sp³-hybridized carbons (Fsp3) is 0.545. The van der Waals surface area contributed by atoms with E-state index in [9.17, 15) is 13.2 Å². The number of hydrogen-bond acceptors (Lipinski definition) is 5. The van der Waals surface area contributed by atoms with Gasteiger partial charge in [0.15, 0.2) is 0 Å². The van der Waals surface area contributed by atoms with Gasteiger partial charge in [0, 0.05) is 23.8 Å². The summed E-state index contributed by atoms with van der Waals surface area (Å²) in [7, 11) is -3.84. The fourth-order valence-corrected chi connectivity index (χ4v) is 6.52. The van der Waals surface area contributed by atoms with Crippen molar-refractivity contribution in [2.75, 3.05) is 13.2 Å². The molecule has 0 radical (unpaired) electrons. The Morgan fingerprint density at radius 1 is 1.26 bits per heavy atom. The van der Waals surface area contributed by atoms with Gasteiger partial charge in [0.1, 0.15) is 6.04 Å². The van der Waals surface area contributed by atoms with Gasteiger partial charge < -0.3 is 4.74 Å². The minimum Gasteiger partial charge on any atom is -0.465 e. The summed E-state index contributed by atoms with van der Waals surface area (Å²) in [5.41, 5.74) is 2.98. The van der Waals surface area contributed by atoms with Gasteiger partial charge in [-0.1, -0.05) is 30.3 Å². The van der Waals surface area contributed by atoms with E-state index < -0.39 is 22.2 Å². The van der Waals surface area contributed by atoms with Crippen molar-refractivity contribution in [1.82, 2.24) is 18.8 Å². The molecule has 3 atom stereocenters. The molecule has 2 fully saturated rings. The molecule has 1 aromatic carbocycles. The van der Waals surface area contributed by atoms with Crippen LogP contribution in [0.25, 0.3) is 0 Å². The minimum atomic E-state index is -3.84. The van der Waals surface area contributed by atoms with Gasteiger partial charge in [0.2, 0.25) is 0 Å². The van der Waals surface area contributed by atoms with Crippen LogP contribution in [0, 0.1) is 19.8 Å². The molecule has 1 saturated carbocycles. The van der Waals surface area contributed by atoms with Gasteiger partial charge in [0.05, 0.1) is 18.8 Å². The van der Waals surface area contributed by atoms with E-state index >= 15 is 0 Å². The molecule has 1 saturated heterocycles. The lowest BCUT2D eigenvalue weighted by Crippen LogP contribution is -2.47. The highest BCUT2D eigenvalue weighted by atomic mass is 32.2. The number of piperidine rings is 1. The molecule has 2 heterocycles. The maximum Gasteiger partial charge on any atom is 0.328 e. The Hall–Kier alpha value is -2.23. The standard InChI is InChI=1S/C22H30N4O4S/c1-4-30-22(27)21(24-31(28,29)26-14-18-10-11-19(26)12-18)20-15(2)23-25(16(20)3)13-17-8-6-5-7-9-17/h5-9,18-19,21,24H,4,10-14H2,1-3H3/t18-,19-,21-/m0/s1. The molecule has 1 aliphatic heterocycles. The summed E-state index contributed by atoms with van der Waals surface area (Å²) < 4.78 is 37.7. The van der Waals surface area contributed by atoms with E-state index in [4.69, 9.17) is 4.74 Å². The Labute approximate surface area is 183 Å². The molecule has 2 aliphatic rings.